The molecule has 0 saturated heterocycles. The van der Waals surface area contributed by atoms with Crippen LogP contribution in [0.3, 0.4) is 0 Å². The first kappa shape index (κ1) is 20.7. The van der Waals surface area contributed by atoms with Gasteiger partial charge in [0, 0.05) is 12.7 Å². The molecule has 0 bridgehead atoms. The summed E-state index contributed by atoms with van der Waals surface area (Å²) in [6, 6.07) is 13.0. The highest BCUT2D eigenvalue weighted by Crippen LogP contribution is 2.25. The molecule has 3 aromatic rings. The number of hydrogen-bond donors (Lipinski definition) is 1. The third-order valence-corrected chi connectivity index (χ3v) is 5.07. The zero-order valence-corrected chi connectivity index (χ0v) is 17.1. The van der Waals surface area contributed by atoms with Crippen LogP contribution in [0.1, 0.15) is 18.9 Å². The fourth-order valence-electron chi connectivity index (χ4n) is 2.61. The van der Waals surface area contributed by atoms with Crippen LogP contribution in [-0.2, 0) is 11.8 Å². The van der Waals surface area contributed by atoms with Crippen LogP contribution >= 0.6 is 11.8 Å². The van der Waals surface area contributed by atoms with Gasteiger partial charge >= 0.3 is 0 Å². The number of benzene rings is 2. The van der Waals surface area contributed by atoms with E-state index in [-0.39, 0.29) is 17.8 Å². The van der Waals surface area contributed by atoms with Crippen LogP contribution in [0.2, 0.25) is 0 Å². The summed E-state index contributed by atoms with van der Waals surface area (Å²) in [7, 11) is 3.42. The molecular weight excluding hydrogens is 395 g/mol. The molecule has 1 heterocycles. The molecule has 152 valence electrons. The quantitative estimate of drug-likeness (QED) is 0.562. The van der Waals surface area contributed by atoms with E-state index in [0.717, 1.165) is 5.75 Å². The summed E-state index contributed by atoms with van der Waals surface area (Å²) in [5.41, 5.74) is 0.413. The van der Waals surface area contributed by atoms with E-state index >= 15 is 0 Å². The van der Waals surface area contributed by atoms with Gasteiger partial charge in [-0.2, -0.15) is 0 Å². The maximum absolute atomic E-state index is 13.2. The van der Waals surface area contributed by atoms with E-state index in [1.807, 2.05) is 38.2 Å². The van der Waals surface area contributed by atoms with Gasteiger partial charge < -0.3 is 19.4 Å². The van der Waals surface area contributed by atoms with E-state index in [1.165, 1.54) is 30.0 Å². The minimum atomic E-state index is -0.403. The van der Waals surface area contributed by atoms with Crippen LogP contribution in [0, 0.1) is 5.82 Å². The Kier molecular flexibility index (Phi) is 6.71. The maximum Gasteiger partial charge on any atom is 0.234 e. The van der Waals surface area contributed by atoms with E-state index in [2.05, 4.69) is 15.5 Å². The van der Waals surface area contributed by atoms with E-state index in [4.69, 9.17) is 9.47 Å². The fourth-order valence-corrected chi connectivity index (χ4v) is 3.33. The van der Waals surface area contributed by atoms with Crippen molar-refractivity contribution in [2.45, 2.75) is 18.2 Å². The number of rotatable bonds is 8. The molecule has 0 aliphatic carbocycles. The first-order valence-corrected chi connectivity index (χ1v) is 9.83. The van der Waals surface area contributed by atoms with Gasteiger partial charge in [-0.05, 0) is 49.4 Å². The lowest BCUT2D eigenvalue weighted by molar-refractivity contribution is -0.113. The summed E-state index contributed by atoms with van der Waals surface area (Å²) in [5.74, 6) is 1.53. The molecule has 0 radical (unpaired) electrons. The van der Waals surface area contributed by atoms with Crippen LogP contribution in [0.5, 0.6) is 11.5 Å². The number of halogens is 1. The molecule has 7 nitrogen and oxygen atoms in total. The number of amides is 1. The predicted octanol–water partition coefficient (Wildman–Crippen LogP) is 3.83. The van der Waals surface area contributed by atoms with Crippen LogP contribution in [0.15, 0.2) is 53.7 Å². The summed E-state index contributed by atoms with van der Waals surface area (Å²) < 4.78 is 26.0. The molecule has 1 atom stereocenters. The number of carbonyl (C=O) groups excluding carboxylic acids is 1. The van der Waals surface area contributed by atoms with E-state index in [1.54, 1.807) is 17.7 Å². The Hall–Kier alpha value is -3.07. The first-order chi connectivity index (χ1) is 14.0. The minimum Gasteiger partial charge on any atom is -0.497 e. The highest BCUT2D eigenvalue weighted by molar-refractivity contribution is 7.99. The molecule has 1 aromatic heterocycles. The van der Waals surface area contributed by atoms with Gasteiger partial charge in [-0.3, -0.25) is 4.79 Å². The van der Waals surface area contributed by atoms with Gasteiger partial charge in [-0.25, -0.2) is 4.39 Å². The van der Waals surface area contributed by atoms with Crippen molar-refractivity contribution in [2.75, 3.05) is 18.2 Å². The molecule has 9 heteroatoms. The van der Waals surface area contributed by atoms with Crippen molar-refractivity contribution in [2.24, 2.45) is 7.05 Å². The fraction of sp³-hybridized carbons (Fsp3) is 0.250. The normalized spacial score (nSPS) is 11.7. The molecule has 3 rings (SSSR count). The second kappa shape index (κ2) is 9.42. The molecule has 0 aliphatic rings. The van der Waals surface area contributed by atoms with Gasteiger partial charge in [0.05, 0.1) is 12.9 Å². The number of methoxy groups -OCH3 is 1. The number of ether oxygens (including phenoxy) is 2. The monoisotopic (exact) mass is 416 g/mol. The number of nitrogens with one attached hydrogen (secondary N) is 1. The highest BCUT2D eigenvalue weighted by Gasteiger charge is 2.18. The number of carbonyl (C=O) groups is 1. The summed E-state index contributed by atoms with van der Waals surface area (Å²) in [5, 5.41) is 11.5. The van der Waals surface area contributed by atoms with Gasteiger partial charge in [0.15, 0.2) is 17.1 Å². The summed E-state index contributed by atoms with van der Waals surface area (Å²) >= 11 is 1.24. The number of anilines is 1. The average molecular weight is 416 g/mol. The SMILES string of the molecule is COc1ccc(OC(C)c2nnc(SCC(=O)Nc3cccc(F)c3)n2C)cc1. The third-order valence-electron chi connectivity index (χ3n) is 4.05. The van der Waals surface area contributed by atoms with Crippen LogP contribution in [0.25, 0.3) is 0 Å². The number of aromatic nitrogens is 3. The van der Waals surface area contributed by atoms with Crippen molar-refractivity contribution >= 4 is 23.4 Å². The molecule has 1 N–H and O–H groups in total. The molecule has 1 amide bonds. The van der Waals surface area contributed by atoms with Crippen LogP contribution < -0.4 is 14.8 Å². The van der Waals surface area contributed by atoms with Gasteiger partial charge in [0.25, 0.3) is 0 Å². The zero-order valence-electron chi connectivity index (χ0n) is 16.3. The Morgan fingerprint density at radius 1 is 1.21 bits per heavy atom. The smallest absolute Gasteiger partial charge is 0.234 e. The first-order valence-electron chi connectivity index (χ1n) is 8.84. The van der Waals surface area contributed by atoms with Crippen molar-refractivity contribution in [3.63, 3.8) is 0 Å². The Bertz CT molecular complexity index is 978. The second-order valence-electron chi connectivity index (χ2n) is 6.18. The Labute approximate surface area is 172 Å². The lowest BCUT2D eigenvalue weighted by Gasteiger charge is -2.14. The second-order valence-corrected chi connectivity index (χ2v) is 7.13. The van der Waals surface area contributed by atoms with E-state index in [0.29, 0.717) is 22.4 Å². The van der Waals surface area contributed by atoms with Gasteiger partial charge in [-0.15, -0.1) is 10.2 Å². The Morgan fingerprint density at radius 3 is 2.62 bits per heavy atom. The van der Waals surface area contributed by atoms with Gasteiger partial charge in [0.1, 0.15) is 17.3 Å². The van der Waals surface area contributed by atoms with E-state index < -0.39 is 5.82 Å². The third kappa shape index (κ3) is 5.47. The molecule has 0 fully saturated rings. The highest BCUT2D eigenvalue weighted by atomic mass is 32.2. The average Bonchev–Trinajstić information content (AvgIpc) is 3.07. The number of hydrogen-bond acceptors (Lipinski definition) is 6. The maximum atomic E-state index is 13.2. The topological polar surface area (TPSA) is 78.3 Å². The summed E-state index contributed by atoms with van der Waals surface area (Å²) in [6.45, 7) is 1.87. The number of thioether (sulfide) groups is 1. The van der Waals surface area contributed by atoms with Crippen molar-refractivity contribution in [3.05, 3.63) is 60.2 Å². The van der Waals surface area contributed by atoms with Crippen molar-refractivity contribution in [1.29, 1.82) is 0 Å². The molecule has 0 saturated carbocycles. The standard InChI is InChI=1S/C20H21FN4O3S/c1-13(28-17-9-7-16(27-3)8-10-17)19-23-24-20(25(19)2)29-12-18(26)22-15-6-4-5-14(21)11-15/h4-11,13H,12H2,1-3H3,(H,22,26). The van der Waals surface area contributed by atoms with Gasteiger partial charge in [-0.1, -0.05) is 17.8 Å². The minimum absolute atomic E-state index is 0.121. The molecule has 1 unspecified atom stereocenters. The van der Waals surface area contributed by atoms with Crippen molar-refractivity contribution < 1.29 is 18.7 Å². The van der Waals surface area contributed by atoms with Crippen molar-refractivity contribution in [1.82, 2.24) is 14.8 Å². The van der Waals surface area contributed by atoms with Gasteiger partial charge in [0.2, 0.25) is 5.91 Å². The molecule has 29 heavy (non-hydrogen) atoms. The zero-order chi connectivity index (χ0) is 20.8. The van der Waals surface area contributed by atoms with Crippen LogP contribution in [-0.4, -0.2) is 33.5 Å². The lowest BCUT2D eigenvalue weighted by atomic mass is 10.3. The molecule has 0 spiro atoms. The largest absolute Gasteiger partial charge is 0.497 e. The van der Waals surface area contributed by atoms with Crippen molar-refractivity contribution in [3.8, 4) is 11.5 Å². The van der Waals surface area contributed by atoms with Crippen LogP contribution in [0.4, 0.5) is 10.1 Å². The number of nitrogens with zero attached hydrogens (tertiary/aromatic N) is 3. The summed E-state index contributed by atoms with van der Waals surface area (Å²) in [6.07, 6.45) is -0.337. The Morgan fingerprint density at radius 2 is 1.93 bits per heavy atom. The molecule has 0 aliphatic heterocycles. The summed E-state index contributed by atoms with van der Waals surface area (Å²) in [4.78, 5) is 12.1. The van der Waals surface area contributed by atoms with E-state index in [9.17, 15) is 9.18 Å². The molecular formula is C20H21FN4O3S. The predicted molar refractivity (Wildman–Crippen MR) is 109 cm³/mol. The lowest BCUT2D eigenvalue weighted by Crippen LogP contribution is -2.15. The molecule has 2 aromatic carbocycles. The Balaban J connectivity index is 1.57.